The molecule has 2 heterocycles. The van der Waals surface area contributed by atoms with Gasteiger partial charge in [0.25, 0.3) is 5.91 Å². The lowest BCUT2D eigenvalue weighted by atomic mass is 9.94. The quantitative estimate of drug-likeness (QED) is 0.403. The number of allylic oxidation sites excluding steroid dienone is 1. The Hall–Kier alpha value is -3.81. The molecule has 1 amide bonds. The molecule has 1 aliphatic rings. The normalized spacial score (nSPS) is 14.8. The molecule has 0 saturated carbocycles. The number of aryl methyl sites for hydroxylation is 2. The highest BCUT2D eigenvalue weighted by Gasteiger charge is 2.34. The van der Waals surface area contributed by atoms with Crippen LogP contribution in [-0.2, 0) is 4.79 Å². The lowest BCUT2D eigenvalue weighted by molar-refractivity contribution is -0.113. The number of unbranched alkanes of at least 4 members (excludes halogenated alkanes) is 1. The van der Waals surface area contributed by atoms with Gasteiger partial charge in [0.05, 0.1) is 18.8 Å². The smallest absolute Gasteiger partial charge is 0.255 e. The van der Waals surface area contributed by atoms with Crippen molar-refractivity contribution >= 4 is 17.5 Å². The van der Waals surface area contributed by atoms with E-state index in [1.165, 1.54) is 6.33 Å². The number of rotatable bonds is 9. The SMILES string of the molecule is CCCCOc1ccc(C2C(C(=O)Nc3ccc(C)cc3C)=C(C)Nc3ncnn32)cc1OCC. The van der Waals surface area contributed by atoms with Crippen molar-refractivity contribution in [2.75, 3.05) is 23.8 Å². The molecule has 4 rings (SSSR count). The van der Waals surface area contributed by atoms with Crippen molar-refractivity contribution < 1.29 is 14.3 Å². The first-order chi connectivity index (χ1) is 16.9. The van der Waals surface area contributed by atoms with E-state index in [9.17, 15) is 4.79 Å². The van der Waals surface area contributed by atoms with Crippen LogP contribution >= 0.6 is 0 Å². The molecule has 1 atom stereocenters. The van der Waals surface area contributed by atoms with Crippen molar-refractivity contribution in [3.63, 3.8) is 0 Å². The monoisotopic (exact) mass is 475 g/mol. The van der Waals surface area contributed by atoms with Crippen LogP contribution in [-0.4, -0.2) is 33.9 Å². The van der Waals surface area contributed by atoms with Crippen LogP contribution in [0.5, 0.6) is 11.5 Å². The summed E-state index contributed by atoms with van der Waals surface area (Å²) >= 11 is 0. The first kappa shape index (κ1) is 24.3. The summed E-state index contributed by atoms with van der Waals surface area (Å²) in [6, 6.07) is 11.3. The van der Waals surface area contributed by atoms with Crippen LogP contribution in [0.1, 0.15) is 56.3 Å². The summed E-state index contributed by atoms with van der Waals surface area (Å²) in [5, 5.41) is 10.7. The molecule has 8 nitrogen and oxygen atoms in total. The Kier molecular flexibility index (Phi) is 7.39. The van der Waals surface area contributed by atoms with Gasteiger partial charge in [-0.25, -0.2) is 4.68 Å². The van der Waals surface area contributed by atoms with Gasteiger partial charge in [-0.15, -0.1) is 0 Å². The van der Waals surface area contributed by atoms with Crippen LogP contribution in [0.25, 0.3) is 0 Å². The molecule has 0 aliphatic carbocycles. The van der Waals surface area contributed by atoms with E-state index < -0.39 is 6.04 Å². The van der Waals surface area contributed by atoms with E-state index in [0.29, 0.717) is 36.2 Å². The number of hydrogen-bond acceptors (Lipinski definition) is 6. The van der Waals surface area contributed by atoms with Gasteiger partial charge < -0.3 is 20.1 Å². The number of anilines is 2. The van der Waals surface area contributed by atoms with E-state index >= 15 is 0 Å². The lowest BCUT2D eigenvalue weighted by Crippen LogP contribution is -2.31. The van der Waals surface area contributed by atoms with Gasteiger partial charge in [0.15, 0.2) is 11.5 Å². The van der Waals surface area contributed by atoms with Crippen LogP contribution < -0.4 is 20.1 Å². The Labute approximate surface area is 206 Å². The van der Waals surface area contributed by atoms with E-state index in [2.05, 4.69) is 33.7 Å². The third-order valence-corrected chi connectivity index (χ3v) is 6.01. The summed E-state index contributed by atoms with van der Waals surface area (Å²) in [6.07, 6.45) is 3.50. The third-order valence-electron chi connectivity index (χ3n) is 6.01. The largest absolute Gasteiger partial charge is 0.490 e. The Morgan fingerprint density at radius 1 is 1.09 bits per heavy atom. The van der Waals surface area contributed by atoms with Crippen LogP contribution in [0.15, 0.2) is 54.0 Å². The second kappa shape index (κ2) is 10.6. The number of carbonyl (C=O) groups excluding carboxylic acids is 1. The molecule has 0 radical (unpaired) electrons. The van der Waals surface area contributed by atoms with Gasteiger partial charge in [0, 0.05) is 11.4 Å². The number of nitrogens with zero attached hydrogens (tertiary/aromatic N) is 3. The zero-order valence-electron chi connectivity index (χ0n) is 21.0. The average Bonchev–Trinajstić information content (AvgIpc) is 3.29. The van der Waals surface area contributed by atoms with Crippen molar-refractivity contribution in [2.24, 2.45) is 0 Å². The summed E-state index contributed by atoms with van der Waals surface area (Å²) in [7, 11) is 0. The third kappa shape index (κ3) is 5.16. The number of ether oxygens (including phenoxy) is 2. The second-order valence-corrected chi connectivity index (χ2v) is 8.71. The highest BCUT2D eigenvalue weighted by Crippen LogP contribution is 2.39. The minimum Gasteiger partial charge on any atom is -0.490 e. The minimum atomic E-state index is -0.483. The fourth-order valence-electron chi connectivity index (χ4n) is 4.25. The van der Waals surface area contributed by atoms with Gasteiger partial charge in [-0.1, -0.05) is 37.1 Å². The van der Waals surface area contributed by atoms with Crippen molar-refractivity contribution in [3.8, 4) is 11.5 Å². The van der Waals surface area contributed by atoms with Gasteiger partial charge >= 0.3 is 0 Å². The summed E-state index contributed by atoms with van der Waals surface area (Å²) in [4.78, 5) is 18.0. The molecule has 2 aromatic carbocycles. The first-order valence-electron chi connectivity index (χ1n) is 12.1. The Balaban J connectivity index is 1.73. The fraction of sp³-hybridized carbons (Fsp3) is 0.370. The molecule has 1 aromatic heterocycles. The van der Waals surface area contributed by atoms with Crippen molar-refractivity contribution in [1.29, 1.82) is 0 Å². The number of carbonyl (C=O) groups is 1. The summed E-state index contributed by atoms with van der Waals surface area (Å²) in [5.41, 5.74) is 5.06. The van der Waals surface area contributed by atoms with Crippen LogP contribution in [0.3, 0.4) is 0 Å². The number of fused-ring (bicyclic) bond motifs is 1. The zero-order chi connectivity index (χ0) is 24.9. The van der Waals surface area contributed by atoms with E-state index in [4.69, 9.17) is 9.47 Å². The van der Waals surface area contributed by atoms with Gasteiger partial charge in [-0.3, -0.25) is 4.79 Å². The Bertz CT molecular complexity index is 1250. The van der Waals surface area contributed by atoms with E-state index in [-0.39, 0.29) is 5.91 Å². The summed E-state index contributed by atoms with van der Waals surface area (Å²) < 4.78 is 13.6. The molecule has 2 N–H and O–H groups in total. The average molecular weight is 476 g/mol. The van der Waals surface area contributed by atoms with E-state index in [1.807, 2.05) is 58.0 Å². The van der Waals surface area contributed by atoms with Gasteiger partial charge in [0.1, 0.15) is 12.4 Å². The Morgan fingerprint density at radius 3 is 2.66 bits per heavy atom. The first-order valence-corrected chi connectivity index (χ1v) is 12.1. The van der Waals surface area contributed by atoms with Crippen molar-refractivity contribution in [2.45, 2.75) is 53.5 Å². The van der Waals surface area contributed by atoms with Crippen molar-refractivity contribution in [1.82, 2.24) is 14.8 Å². The van der Waals surface area contributed by atoms with Gasteiger partial charge in [-0.05, 0) is 63.4 Å². The van der Waals surface area contributed by atoms with Crippen LogP contribution in [0.2, 0.25) is 0 Å². The molecule has 35 heavy (non-hydrogen) atoms. The van der Waals surface area contributed by atoms with E-state index in [0.717, 1.165) is 40.9 Å². The predicted octanol–water partition coefficient (Wildman–Crippen LogP) is 5.40. The number of nitrogens with one attached hydrogen (secondary N) is 2. The molecule has 8 heteroatoms. The van der Waals surface area contributed by atoms with Gasteiger partial charge in [0.2, 0.25) is 5.95 Å². The van der Waals surface area contributed by atoms with E-state index in [1.54, 1.807) is 4.68 Å². The predicted molar refractivity (Wildman–Crippen MR) is 137 cm³/mol. The maximum Gasteiger partial charge on any atom is 0.255 e. The second-order valence-electron chi connectivity index (χ2n) is 8.71. The number of benzene rings is 2. The van der Waals surface area contributed by atoms with Crippen LogP contribution in [0.4, 0.5) is 11.6 Å². The highest BCUT2D eigenvalue weighted by molar-refractivity contribution is 6.06. The fourth-order valence-corrected chi connectivity index (χ4v) is 4.25. The molecule has 0 saturated heterocycles. The van der Waals surface area contributed by atoms with Crippen molar-refractivity contribution in [3.05, 3.63) is 70.7 Å². The lowest BCUT2D eigenvalue weighted by Gasteiger charge is -2.29. The molecule has 1 unspecified atom stereocenters. The Morgan fingerprint density at radius 2 is 1.91 bits per heavy atom. The zero-order valence-corrected chi connectivity index (χ0v) is 21.0. The highest BCUT2D eigenvalue weighted by atomic mass is 16.5. The molecule has 3 aromatic rings. The summed E-state index contributed by atoms with van der Waals surface area (Å²) in [5.74, 6) is 1.72. The number of hydrogen-bond donors (Lipinski definition) is 2. The standard InChI is InChI=1S/C27H33N5O3/c1-6-8-13-35-22-12-10-20(15-23(22)34-7-2)25-24(19(5)30-27-28-16-29-32(25)27)26(33)31-21-11-9-17(3)14-18(21)4/h9-12,14-16,25H,6-8,13H2,1-5H3,(H,31,33)(H,28,29,30). The molecule has 0 spiro atoms. The maximum atomic E-state index is 13.7. The number of amides is 1. The molecule has 0 fully saturated rings. The van der Waals surface area contributed by atoms with Crippen LogP contribution in [0, 0.1) is 13.8 Å². The molecule has 1 aliphatic heterocycles. The molecule has 184 valence electrons. The molecule has 0 bridgehead atoms. The summed E-state index contributed by atoms with van der Waals surface area (Å²) in [6.45, 7) is 11.1. The van der Waals surface area contributed by atoms with Gasteiger partial charge in [-0.2, -0.15) is 10.1 Å². The minimum absolute atomic E-state index is 0.200. The topological polar surface area (TPSA) is 90.3 Å². The molecular weight excluding hydrogens is 442 g/mol. The molecular formula is C27H33N5O3. The number of aromatic nitrogens is 3. The maximum absolute atomic E-state index is 13.7.